The second-order valence-corrected chi connectivity index (χ2v) is 14.2. The lowest BCUT2D eigenvalue weighted by atomic mass is 9.98. The molecule has 236 valence electrons. The molecule has 0 N–H and O–H groups in total. The molecule has 0 spiro atoms. The number of fused-ring (bicyclic) bond motifs is 6. The van der Waals surface area contributed by atoms with Gasteiger partial charge in [-0.2, -0.15) is 0 Å². The SMILES string of the molecule is C=C/C=C(\C=C)c1ccc(-c2ccc3sc4cccc(-c5nc(-c6ccccc6)nc(-c6cccc7sc8ccccc8c67)n5)c4c3c2)cc1. The zero-order valence-electron chi connectivity index (χ0n) is 27.0. The molecule has 3 aromatic heterocycles. The van der Waals surface area contributed by atoms with Crippen molar-refractivity contribution in [2.24, 2.45) is 0 Å². The summed E-state index contributed by atoms with van der Waals surface area (Å²) in [6, 6.07) is 47.0. The van der Waals surface area contributed by atoms with Crippen LogP contribution in [-0.4, -0.2) is 15.0 Å². The molecule has 0 radical (unpaired) electrons. The van der Waals surface area contributed by atoms with Crippen molar-refractivity contribution in [1.82, 2.24) is 15.0 Å². The Hall–Kier alpha value is -6.01. The van der Waals surface area contributed by atoms with Crippen molar-refractivity contribution in [2.45, 2.75) is 0 Å². The number of hydrogen-bond acceptors (Lipinski definition) is 5. The fourth-order valence-corrected chi connectivity index (χ4v) is 9.00. The van der Waals surface area contributed by atoms with Gasteiger partial charge in [-0.1, -0.05) is 135 Å². The van der Waals surface area contributed by atoms with Gasteiger partial charge in [0.25, 0.3) is 0 Å². The van der Waals surface area contributed by atoms with Crippen molar-refractivity contribution in [1.29, 1.82) is 0 Å². The van der Waals surface area contributed by atoms with Crippen LogP contribution < -0.4 is 0 Å². The summed E-state index contributed by atoms with van der Waals surface area (Å²) in [4.78, 5) is 15.6. The minimum atomic E-state index is 0.656. The van der Waals surface area contributed by atoms with Crippen LogP contribution in [0, 0.1) is 0 Å². The lowest BCUT2D eigenvalue weighted by Crippen LogP contribution is -2.00. The Bertz CT molecular complexity index is 2790. The highest BCUT2D eigenvalue weighted by molar-refractivity contribution is 7.26. The van der Waals surface area contributed by atoms with Gasteiger partial charge in [-0.25, -0.2) is 15.0 Å². The van der Waals surface area contributed by atoms with Gasteiger partial charge in [0.05, 0.1) is 0 Å². The van der Waals surface area contributed by atoms with Crippen LogP contribution in [0.4, 0.5) is 0 Å². The third kappa shape index (κ3) is 5.15. The predicted molar refractivity (Wildman–Crippen MR) is 216 cm³/mol. The molecule has 0 aliphatic rings. The van der Waals surface area contributed by atoms with Gasteiger partial charge in [0, 0.05) is 57.0 Å². The van der Waals surface area contributed by atoms with Crippen LogP contribution >= 0.6 is 22.7 Å². The maximum absolute atomic E-state index is 5.27. The Morgan fingerprint density at radius 3 is 1.74 bits per heavy atom. The molecule has 3 heterocycles. The maximum Gasteiger partial charge on any atom is 0.164 e. The molecule has 0 aliphatic carbocycles. The molecule has 9 rings (SSSR count). The van der Waals surface area contributed by atoms with Gasteiger partial charge in [-0.3, -0.25) is 0 Å². The maximum atomic E-state index is 5.27. The van der Waals surface area contributed by atoms with E-state index in [-0.39, 0.29) is 0 Å². The Morgan fingerprint density at radius 2 is 1.06 bits per heavy atom. The molecule has 50 heavy (non-hydrogen) atoms. The number of thiophene rings is 2. The van der Waals surface area contributed by atoms with E-state index >= 15 is 0 Å². The summed E-state index contributed by atoms with van der Waals surface area (Å²) in [5.41, 5.74) is 7.43. The lowest BCUT2D eigenvalue weighted by Gasteiger charge is -2.11. The average molecular weight is 676 g/mol. The minimum absolute atomic E-state index is 0.656. The molecule has 9 aromatic rings. The molecule has 0 amide bonds. The van der Waals surface area contributed by atoms with Gasteiger partial charge in [-0.05, 0) is 52.6 Å². The number of rotatable bonds is 7. The summed E-state index contributed by atoms with van der Waals surface area (Å²) in [5.74, 6) is 1.99. The summed E-state index contributed by atoms with van der Waals surface area (Å²) >= 11 is 3.60. The molecule has 0 saturated heterocycles. The molecular weight excluding hydrogens is 647 g/mol. The average Bonchev–Trinajstić information content (AvgIpc) is 3.75. The van der Waals surface area contributed by atoms with Crippen LogP contribution in [0.1, 0.15) is 5.56 Å². The van der Waals surface area contributed by atoms with Gasteiger partial charge in [0.15, 0.2) is 17.5 Å². The van der Waals surface area contributed by atoms with Crippen molar-refractivity contribution in [3.63, 3.8) is 0 Å². The molecule has 0 atom stereocenters. The molecule has 0 unspecified atom stereocenters. The van der Waals surface area contributed by atoms with Gasteiger partial charge in [-0.15, -0.1) is 22.7 Å². The smallest absolute Gasteiger partial charge is 0.164 e. The van der Waals surface area contributed by atoms with Crippen LogP contribution in [0.15, 0.2) is 165 Å². The molecule has 0 saturated carbocycles. The number of aromatic nitrogens is 3. The van der Waals surface area contributed by atoms with E-state index in [1.54, 1.807) is 28.7 Å². The van der Waals surface area contributed by atoms with E-state index < -0.39 is 0 Å². The fourth-order valence-electron chi connectivity index (χ4n) is 6.75. The number of benzene rings is 6. The molecule has 6 aromatic carbocycles. The quantitative estimate of drug-likeness (QED) is 0.158. The first-order chi connectivity index (χ1) is 24.7. The molecule has 0 aliphatic heterocycles. The van der Waals surface area contributed by atoms with Gasteiger partial charge in [0.1, 0.15) is 0 Å². The van der Waals surface area contributed by atoms with Crippen molar-refractivity contribution in [3.8, 4) is 45.3 Å². The van der Waals surface area contributed by atoms with E-state index in [1.165, 1.54) is 35.0 Å². The third-order valence-corrected chi connectivity index (χ3v) is 11.4. The highest BCUT2D eigenvalue weighted by atomic mass is 32.1. The van der Waals surface area contributed by atoms with Gasteiger partial charge in [0.2, 0.25) is 0 Å². The first-order valence-corrected chi connectivity index (χ1v) is 18.1. The molecule has 0 fully saturated rings. The topological polar surface area (TPSA) is 38.7 Å². The minimum Gasteiger partial charge on any atom is -0.208 e. The van der Waals surface area contributed by atoms with Crippen molar-refractivity contribution < 1.29 is 0 Å². The van der Waals surface area contributed by atoms with Gasteiger partial charge < -0.3 is 0 Å². The van der Waals surface area contributed by atoms with Gasteiger partial charge >= 0.3 is 0 Å². The first-order valence-electron chi connectivity index (χ1n) is 16.4. The van der Waals surface area contributed by atoms with E-state index in [9.17, 15) is 0 Å². The first kappa shape index (κ1) is 30.1. The summed E-state index contributed by atoms with van der Waals surface area (Å²) in [7, 11) is 0. The van der Waals surface area contributed by atoms with Crippen LogP contribution in [-0.2, 0) is 0 Å². The second kappa shape index (κ2) is 12.5. The monoisotopic (exact) mass is 675 g/mol. The van der Waals surface area contributed by atoms with Crippen molar-refractivity contribution >= 4 is 68.6 Å². The Labute approximate surface area is 297 Å². The number of allylic oxidation sites excluding steroid dienone is 4. The largest absolute Gasteiger partial charge is 0.208 e. The summed E-state index contributed by atoms with van der Waals surface area (Å²) in [5, 5.41) is 4.74. The van der Waals surface area contributed by atoms with E-state index in [4.69, 9.17) is 15.0 Å². The summed E-state index contributed by atoms with van der Waals surface area (Å²) in [6.45, 7) is 7.81. The predicted octanol–water partition coefficient (Wildman–Crippen LogP) is 13.0. The Kier molecular flexibility index (Phi) is 7.50. The van der Waals surface area contributed by atoms with Crippen molar-refractivity contribution in [3.05, 3.63) is 170 Å². The summed E-state index contributed by atoms with van der Waals surface area (Å²) < 4.78 is 4.89. The molecule has 5 heteroatoms. The van der Waals surface area contributed by atoms with E-state index in [0.29, 0.717) is 17.5 Å². The molecule has 3 nitrogen and oxygen atoms in total. The number of hydrogen-bond donors (Lipinski definition) is 0. The van der Waals surface area contributed by atoms with Crippen LogP contribution in [0.25, 0.3) is 91.2 Å². The fraction of sp³-hybridized carbons (Fsp3) is 0. The van der Waals surface area contributed by atoms with E-state index in [2.05, 4.69) is 128 Å². The third-order valence-electron chi connectivity index (χ3n) is 9.12. The number of nitrogens with zero attached hydrogens (tertiary/aromatic N) is 3. The highest BCUT2D eigenvalue weighted by Gasteiger charge is 2.19. The lowest BCUT2D eigenvalue weighted by molar-refractivity contribution is 1.08. The van der Waals surface area contributed by atoms with E-state index in [1.807, 2.05) is 30.4 Å². The van der Waals surface area contributed by atoms with E-state index in [0.717, 1.165) is 44.3 Å². The summed E-state index contributed by atoms with van der Waals surface area (Å²) in [6.07, 6.45) is 5.63. The van der Waals surface area contributed by atoms with Crippen LogP contribution in [0.5, 0.6) is 0 Å². The van der Waals surface area contributed by atoms with Crippen molar-refractivity contribution in [2.75, 3.05) is 0 Å². The Balaban J connectivity index is 1.25. The highest BCUT2D eigenvalue weighted by Crippen LogP contribution is 2.43. The second-order valence-electron chi connectivity index (χ2n) is 12.1. The molecular formula is C45H29N3S2. The standard InChI is InChI=1S/C45H29N3S2/c1-3-12-28(4-2)29-21-23-30(24-22-29)32-25-26-38-36(27-32)42-35(17-11-20-40(42)50-38)45-47-43(31-13-6-5-7-14-31)46-44(48-45)34-16-10-19-39-41(34)33-15-8-9-18-37(33)49-39/h3-27H,1-2H2/b28-12+. The normalized spacial score (nSPS) is 11.9. The zero-order chi connectivity index (χ0) is 33.6. The van der Waals surface area contributed by atoms with Crippen LogP contribution in [0.2, 0.25) is 0 Å². The zero-order valence-corrected chi connectivity index (χ0v) is 28.6. The molecule has 0 bridgehead atoms. The van der Waals surface area contributed by atoms with Crippen LogP contribution in [0.3, 0.4) is 0 Å². The Morgan fingerprint density at radius 1 is 0.480 bits per heavy atom.